The predicted octanol–water partition coefficient (Wildman–Crippen LogP) is 3.75. The summed E-state index contributed by atoms with van der Waals surface area (Å²) in [5.41, 5.74) is 4.04. The molecule has 0 saturated carbocycles. The zero-order valence-electron chi connectivity index (χ0n) is 13.3. The maximum atomic E-state index is 12.3. The van der Waals surface area contributed by atoms with Gasteiger partial charge in [-0.05, 0) is 41.5 Å². The fourth-order valence-corrected chi connectivity index (χ4v) is 3.59. The number of thiophene rings is 1. The average molecular weight is 355 g/mol. The van der Waals surface area contributed by atoms with Crippen molar-refractivity contribution in [2.45, 2.75) is 13.2 Å². The van der Waals surface area contributed by atoms with Gasteiger partial charge in [-0.3, -0.25) is 9.78 Å². The second-order valence-electron chi connectivity index (χ2n) is 5.43. The highest BCUT2D eigenvalue weighted by molar-refractivity contribution is 7.14. The van der Waals surface area contributed by atoms with Gasteiger partial charge in [-0.1, -0.05) is 30.0 Å². The molecule has 0 radical (unpaired) electrons. The Bertz CT molecular complexity index is 851. The van der Waals surface area contributed by atoms with Crippen molar-refractivity contribution in [3.63, 3.8) is 0 Å². The number of aromatic nitrogens is 1. The SMILES string of the molecule is CBc1ccc(Cl)cc1CC(=O)Nc1csc(-c2ccncc2)c1. The van der Waals surface area contributed by atoms with Gasteiger partial charge in [-0.15, -0.1) is 11.3 Å². The molecule has 24 heavy (non-hydrogen) atoms. The van der Waals surface area contributed by atoms with Gasteiger partial charge in [0.25, 0.3) is 0 Å². The van der Waals surface area contributed by atoms with Crippen molar-refractivity contribution in [2.75, 3.05) is 5.32 Å². The van der Waals surface area contributed by atoms with Crippen LogP contribution in [-0.2, 0) is 11.2 Å². The molecular weight excluding hydrogens is 339 g/mol. The van der Waals surface area contributed by atoms with Crippen LogP contribution in [0.15, 0.2) is 54.2 Å². The third-order valence-electron chi connectivity index (χ3n) is 3.75. The quantitative estimate of drug-likeness (QED) is 0.709. The largest absolute Gasteiger partial charge is 0.325 e. The first-order chi connectivity index (χ1) is 11.7. The van der Waals surface area contributed by atoms with Gasteiger partial charge in [0, 0.05) is 27.7 Å². The summed E-state index contributed by atoms with van der Waals surface area (Å²) in [5, 5.41) is 5.57. The molecule has 6 heteroatoms. The number of pyridine rings is 1. The molecule has 1 N–H and O–H groups in total. The maximum Gasteiger partial charge on any atom is 0.228 e. The molecule has 120 valence electrons. The number of carbonyl (C=O) groups is 1. The Balaban J connectivity index is 1.70. The van der Waals surface area contributed by atoms with E-state index in [1.54, 1.807) is 23.7 Å². The number of nitrogens with zero attached hydrogens (tertiary/aromatic N) is 1. The monoisotopic (exact) mass is 354 g/mol. The number of benzene rings is 1. The molecular formula is C18H16BClN2OS. The third-order valence-corrected chi connectivity index (χ3v) is 4.96. The van der Waals surface area contributed by atoms with Crippen molar-refractivity contribution in [1.82, 2.24) is 4.98 Å². The Kier molecular flexibility index (Phi) is 5.33. The summed E-state index contributed by atoms with van der Waals surface area (Å²) in [6.45, 7) is 2.07. The summed E-state index contributed by atoms with van der Waals surface area (Å²) in [4.78, 5) is 17.5. The summed E-state index contributed by atoms with van der Waals surface area (Å²) >= 11 is 7.65. The van der Waals surface area contributed by atoms with Gasteiger partial charge >= 0.3 is 0 Å². The molecule has 0 unspecified atom stereocenters. The molecule has 0 spiro atoms. The second kappa shape index (κ2) is 7.64. The lowest BCUT2D eigenvalue weighted by Crippen LogP contribution is -2.22. The summed E-state index contributed by atoms with van der Waals surface area (Å²) in [5.74, 6) is -0.0361. The Hall–Kier alpha value is -2.11. The summed E-state index contributed by atoms with van der Waals surface area (Å²) < 4.78 is 0. The molecule has 1 amide bonds. The van der Waals surface area contributed by atoms with Crippen molar-refractivity contribution >= 4 is 47.3 Å². The topological polar surface area (TPSA) is 42.0 Å². The van der Waals surface area contributed by atoms with Crippen LogP contribution in [0.4, 0.5) is 5.69 Å². The van der Waals surface area contributed by atoms with E-state index >= 15 is 0 Å². The molecule has 3 rings (SSSR count). The van der Waals surface area contributed by atoms with Crippen LogP contribution < -0.4 is 10.8 Å². The first-order valence-corrected chi connectivity index (χ1v) is 8.97. The lowest BCUT2D eigenvalue weighted by atomic mass is 9.70. The van der Waals surface area contributed by atoms with Crippen LogP contribution in [0.3, 0.4) is 0 Å². The van der Waals surface area contributed by atoms with Gasteiger partial charge in [-0.25, -0.2) is 0 Å². The molecule has 0 fully saturated rings. The molecule has 3 aromatic rings. The van der Waals surface area contributed by atoms with Crippen molar-refractivity contribution in [3.05, 3.63) is 64.8 Å². The van der Waals surface area contributed by atoms with Gasteiger partial charge in [0.1, 0.15) is 0 Å². The lowest BCUT2D eigenvalue weighted by Gasteiger charge is -2.08. The molecule has 0 saturated heterocycles. The summed E-state index contributed by atoms with van der Waals surface area (Å²) in [6.07, 6.45) is 3.85. The van der Waals surface area contributed by atoms with Gasteiger partial charge in [0.05, 0.1) is 12.1 Å². The normalized spacial score (nSPS) is 10.4. The highest BCUT2D eigenvalue weighted by Gasteiger charge is 2.10. The molecule has 3 nitrogen and oxygen atoms in total. The van der Waals surface area contributed by atoms with Crippen molar-refractivity contribution < 1.29 is 4.79 Å². The van der Waals surface area contributed by atoms with Crippen molar-refractivity contribution in [2.24, 2.45) is 0 Å². The fourth-order valence-electron chi connectivity index (χ4n) is 2.55. The van der Waals surface area contributed by atoms with Crippen LogP contribution in [0.2, 0.25) is 11.8 Å². The summed E-state index contributed by atoms with van der Waals surface area (Å²) in [7, 11) is 0.879. The smallest absolute Gasteiger partial charge is 0.228 e. The lowest BCUT2D eigenvalue weighted by molar-refractivity contribution is -0.115. The number of hydrogen-bond acceptors (Lipinski definition) is 3. The standard InChI is InChI=1S/C18H16BClN2OS/c1-19-16-3-2-14(20)8-13(16)9-18(23)22-15-10-17(24-11-15)12-4-6-21-7-5-12/h2-8,10-11,19H,9H2,1H3,(H,22,23). The van der Waals surface area contributed by atoms with E-state index in [0.717, 1.165) is 34.4 Å². The van der Waals surface area contributed by atoms with Gasteiger partial charge < -0.3 is 5.32 Å². The molecule has 2 heterocycles. The van der Waals surface area contributed by atoms with E-state index in [0.29, 0.717) is 11.4 Å². The van der Waals surface area contributed by atoms with E-state index < -0.39 is 0 Å². The van der Waals surface area contributed by atoms with Crippen LogP contribution in [0, 0.1) is 0 Å². The number of hydrogen-bond donors (Lipinski definition) is 1. The highest BCUT2D eigenvalue weighted by Crippen LogP contribution is 2.29. The van der Waals surface area contributed by atoms with E-state index in [1.807, 2.05) is 41.8 Å². The zero-order chi connectivity index (χ0) is 16.9. The Morgan fingerprint density at radius 3 is 2.79 bits per heavy atom. The van der Waals surface area contributed by atoms with Gasteiger partial charge in [-0.2, -0.15) is 0 Å². The minimum absolute atomic E-state index is 0.0361. The van der Waals surface area contributed by atoms with Crippen LogP contribution in [-0.4, -0.2) is 18.2 Å². The van der Waals surface area contributed by atoms with Crippen molar-refractivity contribution in [1.29, 1.82) is 0 Å². The second-order valence-corrected chi connectivity index (χ2v) is 6.77. The fraction of sp³-hybridized carbons (Fsp3) is 0.111. The Morgan fingerprint density at radius 2 is 2.04 bits per heavy atom. The Labute approximate surface area is 151 Å². The molecule has 0 aliphatic heterocycles. The first kappa shape index (κ1) is 16.7. The maximum absolute atomic E-state index is 12.3. The Morgan fingerprint density at radius 1 is 1.25 bits per heavy atom. The molecule has 0 atom stereocenters. The molecule has 2 aromatic heterocycles. The van der Waals surface area contributed by atoms with Crippen LogP contribution in [0.5, 0.6) is 0 Å². The number of halogens is 1. The van der Waals surface area contributed by atoms with Gasteiger partial charge in [0.15, 0.2) is 7.28 Å². The molecule has 1 aromatic carbocycles. The number of carbonyl (C=O) groups excluding carboxylic acids is 1. The van der Waals surface area contributed by atoms with Crippen LogP contribution in [0.25, 0.3) is 10.4 Å². The third kappa shape index (κ3) is 4.05. The average Bonchev–Trinajstić information content (AvgIpc) is 3.04. The van der Waals surface area contributed by atoms with Crippen LogP contribution in [0.1, 0.15) is 5.56 Å². The zero-order valence-corrected chi connectivity index (χ0v) is 14.8. The number of rotatable bonds is 5. The van der Waals surface area contributed by atoms with E-state index in [2.05, 4.69) is 17.1 Å². The van der Waals surface area contributed by atoms with Crippen molar-refractivity contribution in [3.8, 4) is 10.4 Å². The minimum atomic E-state index is -0.0361. The van der Waals surface area contributed by atoms with E-state index in [-0.39, 0.29) is 5.91 Å². The first-order valence-electron chi connectivity index (χ1n) is 7.72. The number of nitrogens with one attached hydrogen (secondary N) is 1. The van der Waals surface area contributed by atoms with Crippen LogP contribution >= 0.6 is 22.9 Å². The molecule has 0 bridgehead atoms. The predicted molar refractivity (Wildman–Crippen MR) is 104 cm³/mol. The van der Waals surface area contributed by atoms with E-state index in [4.69, 9.17) is 11.6 Å². The minimum Gasteiger partial charge on any atom is -0.325 e. The molecule has 0 aliphatic carbocycles. The van der Waals surface area contributed by atoms with E-state index in [9.17, 15) is 4.79 Å². The molecule has 0 aliphatic rings. The highest BCUT2D eigenvalue weighted by atomic mass is 35.5. The number of amides is 1. The van der Waals surface area contributed by atoms with E-state index in [1.165, 1.54) is 0 Å². The summed E-state index contributed by atoms with van der Waals surface area (Å²) in [6, 6.07) is 11.6. The number of anilines is 1. The van der Waals surface area contributed by atoms with Gasteiger partial charge in [0.2, 0.25) is 5.91 Å².